The van der Waals surface area contributed by atoms with E-state index in [9.17, 15) is 13.2 Å². The van der Waals surface area contributed by atoms with Gasteiger partial charge in [0.1, 0.15) is 6.54 Å². The van der Waals surface area contributed by atoms with Crippen LogP contribution in [0.15, 0.2) is 53.4 Å². The molecule has 1 N–H and O–H groups in total. The van der Waals surface area contributed by atoms with Crippen LogP contribution in [0, 0.1) is 6.92 Å². The predicted octanol–water partition coefficient (Wildman–Crippen LogP) is 2.80. The van der Waals surface area contributed by atoms with Crippen LogP contribution in [-0.2, 0) is 21.4 Å². The summed E-state index contributed by atoms with van der Waals surface area (Å²) in [6.45, 7) is 2.11. The lowest BCUT2D eigenvalue weighted by atomic mass is 10.1. The van der Waals surface area contributed by atoms with Gasteiger partial charge in [-0.3, -0.25) is 9.10 Å². The molecule has 7 heteroatoms. The van der Waals surface area contributed by atoms with Crippen molar-refractivity contribution in [2.75, 3.05) is 23.4 Å². The summed E-state index contributed by atoms with van der Waals surface area (Å²) in [5.41, 5.74) is 2.60. The third-order valence-electron chi connectivity index (χ3n) is 3.64. The van der Waals surface area contributed by atoms with Gasteiger partial charge in [0.15, 0.2) is 0 Å². The number of hydrogen-bond acceptors (Lipinski definition) is 4. The van der Waals surface area contributed by atoms with Crippen molar-refractivity contribution >= 4 is 33.4 Å². The van der Waals surface area contributed by atoms with Gasteiger partial charge in [-0.2, -0.15) is 0 Å². The van der Waals surface area contributed by atoms with Gasteiger partial charge in [-0.1, -0.05) is 35.9 Å². The summed E-state index contributed by atoms with van der Waals surface area (Å²) in [7, 11) is -3.56. The topological polar surface area (TPSA) is 66.5 Å². The molecule has 0 atom stereocenters. The Bertz CT molecular complexity index is 834. The molecule has 0 heterocycles. The summed E-state index contributed by atoms with van der Waals surface area (Å²) in [6.07, 6.45) is 3.02. The second-order valence-corrected chi connectivity index (χ2v) is 8.52. The highest BCUT2D eigenvalue weighted by Crippen LogP contribution is 2.23. The van der Waals surface area contributed by atoms with Crippen molar-refractivity contribution in [2.24, 2.45) is 0 Å². The summed E-state index contributed by atoms with van der Waals surface area (Å²) < 4.78 is 25.4. The van der Waals surface area contributed by atoms with Crippen molar-refractivity contribution in [3.63, 3.8) is 0 Å². The van der Waals surface area contributed by atoms with Crippen LogP contribution in [0.1, 0.15) is 11.1 Å². The maximum Gasteiger partial charge on any atom is 0.241 e. The Morgan fingerprint density at radius 1 is 1.16 bits per heavy atom. The molecule has 25 heavy (non-hydrogen) atoms. The van der Waals surface area contributed by atoms with Crippen LogP contribution < -0.4 is 9.62 Å². The number of nitrogens with one attached hydrogen (secondary N) is 1. The summed E-state index contributed by atoms with van der Waals surface area (Å²) in [5.74, 6) is -0.347. The number of aryl methyl sites for hydroxylation is 1. The maximum absolute atomic E-state index is 12.2. The zero-order chi connectivity index (χ0) is 18.4. The molecule has 0 saturated heterocycles. The minimum Gasteiger partial charge on any atom is -0.350 e. The van der Waals surface area contributed by atoms with Crippen LogP contribution in [0.5, 0.6) is 0 Å². The lowest BCUT2D eigenvalue weighted by Crippen LogP contribution is -2.40. The van der Waals surface area contributed by atoms with Gasteiger partial charge in [-0.05, 0) is 36.9 Å². The zero-order valence-electron chi connectivity index (χ0n) is 14.5. The fraction of sp³-hybridized carbons (Fsp3) is 0.278. The number of hydrogen-bond donors (Lipinski definition) is 1. The van der Waals surface area contributed by atoms with Crippen molar-refractivity contribution < 1.29 is 13.2 Å². The minimum absolute atomic E-state index is 0.247. The second kappa shape index (κ2) is 8.40. The number of anilines is 1. The number of thioether (sulfide) groups is 1. The van der Waals surface area contributed by atoms with Gasteiger partial charge in [-0.25, -0.2) is 8.42 Å². The highest BCUT2D eigenvalue weighted by molar-refractivity contribution is 7.98. The van der Waals surface area contributed by atoms with Gasteiger partial charge in [0, 0.05) is 11.4 Å². The molecule has 0 spiro atoms. The van der Waals surface area contributed by atoms with Gasteiger partial charge in [0.25, 0.3) is 0 Å². The van der Waals surface area contributed by atoms with Crippen LogP contribution in [0.25, 0.3) is 0 Å². The van der Waals surface area contributed by atoms with E-state index in [2.05, 4.69) is 5.32 Å². The van der Waals surface area contributed by atoms with Gasteiger partial charge < -0.3 is 5.32 Å². The zero-order valence-corrected chi connectivity index (χ0v) is 16.2. The highest BCUT2D eigenvalue weighted by Gasteiger charge is 2.21. The molecular weight excluding hydrogens is 356 g/mol. The molecule has 0 aliphatic carbocycles. The molecule has 134 valence electrons. The molecule has 0 fully saturated rings. The Morgan fingerprint density at radius 3 is 2.44 bits per heavy atom. The van der Waals surface area contributed by atoms with Gasteiger partial charge in [0.05, 0.1) is 11.9 Å². The maximum atomic E-state index is 12.2. The summed E-state index contributed by atoms with van der Waals surface area (Å²) in [4.78, 5) is 13.2. The Hall–Kier alpha value is -1.99. The molecule has 0 saturated carbocycles. The van der Waals surface area contributed by atoms with E-state index in [4.69, 9.17) is 0 Å². The van der Waals surface area contributed by atoms with Crippen LogP contribution in [0.2, 0.25) is 0 Å². The first-order valence-corrected chi connectivity index (χ1v) is 10.8. The second-order valence-electron chi connectivity index (χ2n) is 5.73. The number of amides is 1. The first-order valence-electron chi connectivity index (χ1n) is 7.73. The molecule has 0 aliphatic heterocycles. The number of carbonyl (C=O) groups is 1. The molecule has 1 amide bonds. The quantitative estimate of drug-likeness (QED) is 0.753. The number of benzene rings is 2. The van der Waals surface area contributed by atoms with E-state index >= 15 is 0 Å². The lowest BCUT2D eigenvalue weighted by Gasteiger charge is -2.22. The lowest BCUT2D eigenvalue weighted by molar-refractivity contribution is -0.119. The van der Waals surface area contributed by atoms with Crippen molar-refractivity contribution in [2.45, 2.75) is 18.4 Å². The first-order chi connectivity index (χ1) is 11.8. The summed E-state index contributed by atoms with van der Waals surface area (Å²) in [5, 5.41) is 2.77. The Balaban J connectivity index is 2.08. The summed E-state index contributed by atoms with van der Waals surface area (Å²) >= 11 is 1.52. The largest absolute Gasteiger partial charge is 0.350 e. The predicted molar refractivity (Wildman–Crippen MR) is 103 cm³/mol. The van der Waals surface area contributed by atoms with Gasteiger partial charge in [-0.15, -0.1) is 11.8 Å². The smallest absolute Gasteiger partial charge is 0.241 e. The Morgan fingerprint density at radius 2 is 1.84 bits per heavy atom. The van der Waals surface area contributed by atoms with Gasteiger partial charge >= 0.3 is 0 Å². The van der Waals surface area contributed by atoms with Crippen LogP contribution in [-0.4, -0.2) is 33.4 Å². The third-order valence-corrected chi connectivity index (χ3v) is 5.51. The average Bonchev–Trinajstić information content (AvgIpc) is 2.58. The molecule has 0 bridgehead atoms. The van der Waals surface area contributed by atoms with E-state index in [0.717, 1.165) is 26.6 Å². The summed E-state index contributed by atoms with van der Waals surface area (Å²) in [6, 6.07) is 14.9. The highest BCUT2D eigenvalue weighted by atomic mass is 32.2. The van der Waals surface area contributed by atoms with E-state index in [1.54, 1.807) is 18.2 Å². The number of sulfonamides is 1. The molecule has 0 aliphatic rings. The fourth-order valence-electron chi connectivity index (χ4n) is 2.26. The molecular formula is C18H22N2O3S2. The average molecular weight is 379 g/mol. The van der Waals surface area contributed by atoms with Crippen LogP contribution in [0.3, 0.4) is 0 Å². The van der Waals surface area contributed by atoms with Crippen molar-refractivity contribution in [3.8, 4) is 0 Å². The van der Waals surface area contributed by atoms with Crippen molar-refractivity contribution in [1.82, 2.24) is 5.32 Å². The molecule has 0 unspecified atom stereocenters. The minimum atomic E-state index is -3.56. The van der Waals surface area contributed by atoms with Gasteiger partial charge in [0.2, 0.25) is 15.9 Å². The van der Waals surface area contributed by atoms with Crippen LogP contribution >= 0.6 is 11.8 Å². The molecule has 0 aromatic heterocycles. The third kappa shape index (κ3) is 5.79. The fourth-order valence-corrected chi connectivity index (χ4v) is 3.56. The number of nitrogens with zero attached hydrogens (tertiary/aromatic N) is 1. The number of carbonyl (C=O) groups excluding carboxylic acids is 1. The Kier molecular flexibility index (Phi) is 6.50. The van der Waals surface area contributed by atoms with E-state index in [0.29, 0.717) is 12.2 Å². The molecule has 2 rings (SSSR count). The SMILES string of the molecule is CSc1cccc(N(CC(=O)NCc2ccc(C)cc2)S(C)(=O)=O)c1. The Labute approximate surface area is 153 Å². The monoisotopic (exact) mass is 378 g/mol. The van der Waals surface area contributed by atoms with Crippen molar-refractivity contribution in [3.05, 3.63) is 59.7 Å². The molecule has 5 nitrogen and oxygen atoms in total. The standard InChI is InChI=1S/C18H22N2O3S2/c1-14-7-9-15(10-8-14)12-19-18(21)13-20(25(3,22)23)16-5-4-6-17(11-16)24-2/h4-11H,12-13H2,1-3H3,(H,19,21). The van der Waals surface area contributed by atoms with E-state index in [-0.39, 0.29) is 12.5 Å². The normalized spacial score (nSPS) is 11.2. The molecule has 2 aromatic rings. The van der Waals surface area contributed by atoms with Crippen LogP contribution in [0.4, 0.5) is 5.69 Å². The van der Waals surface area contributed by atoms with E-state index in [1.807, 2.05) is 43.5 Å². The van der Waals surface area contributed by atoms with E-state index < -0.39 is 10.0 Å². The van der Waals surface area contributed by atoms with E-state index in [1.165, 1.54) is 11.8 Å². The number of rotatable bonds is 7. The first kappa shape index (κ1) is 19.3. The molecule has 0 radical (unpaired) electrons. The molecule has 2 aromatic carbocycles. The van der Waals surface area contributed by atoms with Crippen molar-refractivity contribution in [1.29, 1.82) is 0 Å².